The number of nitrogens with zero attached hydrogens (tertiary/aromatic N) is 2. The van der Waals surface area contributed by atoms with Crippen LogP contribution in [0.1, 0.15) is 31.0 Å². The van der Waals surface area contributed by atoms with Crippen LogP contribution >= 0.6 is 23.4 Å². The van der Waals surface area contributed by atoms with E-state index in [1.165, 1.54) is 12.5 Å². The third kappa shape index (κ3) is 3.27. The summed E-state index contributed by atoms with van der Waals surface area (Å²) in [6.07, 6.45) is 4.27. The zero-order chi connectivity index (χ0) is 14.8. The summed E-state index contributed by atoms with van der Waals surface area (Å²) in [5.41, 5.74) is 4.28. The van der Waals surface area contributed by atoms with Crippen molar-refractivity contribution in [2.45, 2.75) is 37.8 Å². The smallest absolute Gasteiger partial charge is 0.196 e. The lowest BCUT2D eigenvalue weighted by Crippen LogP contribution is -2.10. The lowest BCUT2D eigenvalue weighted by atomic mass is 9.92. The second-order valence-electron chi connectivity index (χ2n) is 5.09. The van der Waals surface area contributed by atoms with Crippen LogP contribution in [0.5, 0.6) is 0 Å². The maximum absolute atomic E-state index is 11.3. The summed E-state index contributed by atoms with van der Waals surface area (Å²) in [6.45, 7) is 1.54. The van der Waals surface area contributed by atoms with E-state index >= 15 is 0 Å². The molecule has 108 valence electrons. The molecule has 0 amide bonds. The van der Waals surface area contributed by atoms with Gasteiger partial charge >= 0.3 is 0 Å². The average molecular weight is 319 g/mol. The van der Waals surface area contributed by atoms with Crippen LogP contribution in [0.2, 0.25) is 5.02 Å². The van der Waals surface area contributed by atoms with Crippen molar-refractivity contribution >= 4 is 28.5 Å². The first-order valence-corrected chi connectivity index (χ1v) is 8.17. The SMILES string of the molecule is CC(=O)Sc1nc2c(c(-c3ccc(Cl)cc3)n1)CCCC2. The molecule has 0 saturated carbocycles. The molecule has 0 fully saturated rings. The summed E-state index contributed by atoms with van der Waals surface area (Å²) in [5, 5.41) is 1.26. The van der Waals surface area contributed by atoms with Crippen molar-refractivity contribution in [3.05, 3.63) is 40.5 Å². The van der Waals surface area contributed by atoms with Gasteiger partial charge in [-0.1, -0.05) is 23.7 Å². The molecule has 1 aliphatic carbocycles. The zero-order valence-corrected chi connectivity index (χ0v) is 13.3. The average Bonchev–Trinajstić information content (AvgIpc) is 2.46. The fraction of sp³-hybridized carbons (Fsp3) is 0.312. The molecule has 0 spiro atoms. The van der Waals surface area contributed by atoms with Crippen molar-refractivity contribution in [2.24, 2.45) is 0 Å². The molecule has 1 heterocycles. The van der Waals surface area contributed by atoms with Crippen LogP contribution in [0, 0.1) is 0 Å². The summed E-state index contributed by atoms with van der Waals surface area (Å²) in [4.78, 5) is 20.5. The normalized spacial score (nSPS) is 13.8. The molecule has 0 radical (unpaired) electrons. The quantitative estimate of drug-likeness (QED) is 0.611. The van der Waals surface area contributed by atoms with Gasteiger partial charge in [0.2, 0.25) is 0 Å². The molecule has 1 aliphatic rings. The monoisotopic (exact) mass is 318 g/mol. The van der Waals surface area contributed by atoms with Crippen molar-refractivity contribution in [1.29, 1.82) is 0 Å². The van der Waals surface area contributed by atoms with Gasteiger partial charge in [-0.15, -0.1) is 0 Å². The van der Waals surface area contributed by atoms with Crippen molar-refractivity contribution in [2.75, 3.05) is 0 Å². The number of carbonyl (C=O) groups is 1. The Morgan fingerprint density at radius 1 is 1.14 bits per heavy atom. The number of fused-ring (bicyclic) bond motifs is 1. The van der Waals surface area contributed by atoms with Crippen LogP contribution < -0.4 is 0 Å². The van der Waals surface area contributed by atoms with E-state index in [4.69, 9.17) is 11.6 Å². The minimum atomic E-state index is 0.00724. The van der Waals surface area contributed by atoms with Crippen molar-refractivity contribution < 1.29 is 4.79 Å². The van der Waals surface area contributed by atoms with Crippen LogP contribution in [0.4, 0.5) is 0 Å². The third-order valence-corrected chi connectivity index (χ3v) is 4.42. The molecule has 0 atom stereocenters. The second-order valence-corrected chi connectivity index (χ2v) is 6.67. The Hall–Kier alpha value is -1.39. The lowest BCUT2D eigenvalue weighted by Gasteiger charge is -2.19. The lowest BCUT2D eigenvalue weighted by molar-refractivity contribution is -0.109. The molecule has 2 aromatic rings. The van der Waals surface area contributed by atoms with E-state index < -0.39 is 0 Å². The second kappa shape index (κ2) is 6.16. The molecular formula is C16H15ClN2OS. The van der Waals surface area contributed by atoms with Gasteiger partial charge in [0.15, 0.2) is 10.3 Å². The molecular weight excluding hydrogens is 304 g/mol. The minimum absolute atomic E-state index is 0.00724. The number of halogens is 1. The van der Waals surface area contributed by atoms with Gasteiger partial charge in [0.05, 0.1) is 5.69 Å². The first-order chi connectivity index (χ1) is 10.1. The largest absolute Gasteiger partial charge is 0.287 e. The summed E-state index contributed by atoms with van der Waals surface area (Å²) >= 11 is 7.06. The van der Waals surface area contributed by atoms with E-state index in [0.29, 0.717) is 10.2 Å². The Kier molecular flexibility index (Phi) is 4.27. The highest BCUT2D eigenvalue weighted by Gasteiger charge is 2.19. The molecule has 0 bridgehead atoms. The van der Waals surface area contributed by atoms with E-state index in [1.54, 1.807) is 0 Å². The maximum Gasteiger partial charge on any atom is 0.196 e. The molecule has 5 heteroatoms. The van der Waals surface area contributed by atoms with Gasteiger partial charge in [-0.05, 0) is 49.6 Å². The number of aryl methyl sites for hydroxylation is 1. The molecule has 3 rings (SSSR count). The Morgan fingerprint density at radius 2 is 1.86 bits per heavy atom. The van der Waals surface area contributed by atoms with E-state index in [2.05, 4.69) is 9.97 Å². The van der Waals surface area contributed by atoms with Crippen LogP contribution in [0.25, 0.3) is 11.3 Å². The van der Waals surface area contributed by atoms with Gasteiger partial charge in [0.1, 0.15) is 0 Å². The predicted molar refractivity (Wildman–Crippen MR) is 85.7 cm³/mol. The maximum atomic E-state index is 11.3. The van der Waals surface area contributed by atoms with E-state index in [-0.39, 0.29) is 5.12 Å². The summed E-state index contributed by atoms with van der Waals surface area (Å²) < 4.78 is 0. The van der Waals surface area contributed by atoms with Gasteiger partial charge in [0, 0.05) is 28.8 Å². The molecule has 3 nitrogen and oxygen atoms in total. The Balaban J connectivity index is 2.12. The fourth-order valence-electron chi connectivity index (χ4n) is 2.59. The van der Waals surface area contributed by atoms with Crippen LogP contribution in [-0.4, -0.2) is 15.1 Å². The summed E-state index contributed by atoms with van der Waals surface area (Å²) in [6, 6.07) is 7.68. The number of hydrogen-bond acceptors (Lipinski definition) is 4. The Labute approximate surface area is 133 Å². The summed E-state index contributed by atoms with van der Waals surface area (Å²) in [5.74, 6) is 0. The van der Waals surface area contributed by atoms with Crippen LogP contribution in [0.3, 0.4) is 0 Å². The van der Waals surface area contributed by atoms with E-state index in [0.717, 1.165) is 54.4 Å². The van der Waals surface area contributed by atoms with Crippen molar-refractivity contribution in [3.63, 3.8) is 0 Å². The van der Waals surface area contributed by atoms with Gasteiger partial charge in [-0.25, -0.2) is 9.97 Å². The third-order valence-electron chi connectivity index (χ3n) is 3.52. The van der Waals surface area contributed by atoms with E-state index in [1.807, 2.05) is 24.3 Å². The first-order valence-electron chi connectivity index (χ1n) is 6.97. The van der Waals surface area contributed by atoms with Crippen LogP contribution in [-0.2, 0) is 17.6 Å². The van der Waals surface area contributed by atoms with Gasteiger partial charge in [-0.2, -0.15) is 0 Å². The number of carbonyl (C=O) groups excluding carboxylic acids is 1. The highest BCUT2D eigenvalue weighted by atomic mass is 35.5. The van der Waals surface area contributed by atoms with Crippen molar-refractivity contribution in [1.82, 2.24) is 9.97 Å². The number of rotatable bonds is 2. The minimum Gasteiger partial charge on any atom is -0.287 e. The Bertz CT molecular complexity index is 685. The fourth-order valence-corrected chi connectivity index (χ4v) is 3.27. The molecule has 1 aromatic heterocycles. The summed E-state index contributed by atoms with van der Waals surface area (Å²) in [7, 11) is 0. The molecule has 21 heavy (non-hydrogen) atoms. The van der Waals surface area contributed by atoms with Gasteiger partial charge in [-0.3, -0.25) is 4.79 Å². The molecule has 0 saturated heterocycles. The number of aromatic nitrogens is 2. The number of hydrogen-bond donors (Lipinski definition) is 0. The zero-order valence-electron chi connectivity index (χ0n) is 11.7. The standard InChI is InChI=1S/C16H15ClN2OS/c1-10(20)21-16-18-14-5-3-2-4-13(14)15(19-16)11-6-8-12(17)9-7-11/h6-9H,2-5H2,1H3. The molecule has 0 unspecified atom stereocenters. The predicted octanol–water partition coefficient (Wildman–Crippen LogP) is 4.31. The molecule has 1 aromatic carbocycles. The Morgan fingerprint density at radius 3 is 2.57 bits per heavy atom. The van der Waals surface area contributed by atoms with Crippen LogP contribution in [0.15, 0.2) is 29.4 Å². The molecule has 0 aliphatic heterocycles. The molecule has 0 N–H and O–H groups in total. The topological polar surface area (TPSA) is 42.9 Å². The van der Waals surface area contributed by atoms with Gasteiger partial charge in [0.25, 0.3) is 0 Å². The van der Waals surface area contributed by atoms with E-state index in [9.17, 15) is 4.79 Å². The highest BCUT2D eigenvalue weighted by Crippen LogP contribution is 2.32. The first kappa shape index (κ1) is 14.5. The van der Waals surface area contributed by atoms with Crippen molar-refractivity contribution in [3.8, 4) is 11.3 Å². The number of benzene rings is 1. The highest BCUT2D eigenvalue weighted by molar-refractivity contribution is 8.13. The van der Waals surface area contributed by atoms with Gasteiger partial charge < -0.3 is 0 Å². The number of thioether (sulfide) groups is 1.